The summed E-state index contributed by atoms with van der Waals surface area (Å²) in [6.45, 7) is 0.272. The zero-order valence-corrected chi connectivity index (χ0v) is 12.3. The predicted octanol–water partition coefficient (Wildman–Crippen LogP) is 0.745. The van der Waals surface area contributed by atoms with Gasteiger partial charge in [0.05, 0.1) is 0 Å². The van der Waals surface area contributed by atoms with Crippen LogP contribution in [-0.2, 0) is 17.9 Å². The molecule has 1 aromatic carbocycles. The number of amides is 1. The number of hydrogen-bond donors (Lipinski definition) is 1. The van der Waals surface area contributed by atoms with E-state index < -0.39 is 0 Å². The molecular formula is C16H15N5O2. The summed E-state index contributed by atoms with van der Waals surface area (Å²) in [4.78, 5) is 23.8. The highest BCUT2D eigenvalue weighted by atomic mass is 16.2. The van der Waals surface area contributed by atoms with Crippen molar-refractivity contribution in [1.29, 1.82) is 0 Å². The predicted molar refractivity (Wildman–Crippen MR) is 83.9 cm³/mol. The number of nitrogens with zero attached hydrogens (tertiary/aromatic N) is 4. The Morgan fingerprint density at radius 1 is 1.09 bits per heavy atom. The highest BCUT2D eigenvalue weighted by molar-refractivity contribution is 5.75. The van der Waals surface area contributed by atoms with Crippen molar-refractivity contribution in [2.24, 2.45) is 0 Å². The third kappa shape index (κ3) is 3.70. The minimum Gasteiger partial charge on any atom is -0.350 e. The molecule has 0 saturated heterocycles. The van der Waals surface area contributed by atoms with Crippen molar-refractivity contribution in [3.8, 4) is 5.82 Å². The van der Waals surface area contributed by atoms with Crippen LogP contribution in [0.4, 0.5) is 0 Å². The first-order chi connectivity index (χ1) is 11.2. The van der Waals surface area contributed by atoms with Crippen LogP contribution in [0.3, 0.4) is 0 Å². The van der Waals surface area contributed by atoms with Gasteiger partial charge in [-0.3, -0.25) is 9.59 Å². The van der Waals surface area contributed by atoms with E-state index in [9.17, 15) is 9.59 Å². The van der Waals surface area contributed by atoms with Gasteiger partial charge in [-0.15, -0.1) is 5.10 Å². The Hall–Kier alpha value is -3.22. The molecule has 116 valence electrons. The van der Waals surface area contributed by atoms with Crippen LogP contribution in [0, 0.1) is 0 Å². The van der Waals surface area contributed by atoms with Crippen molar-refractivity contribution >= 4 is 5.91 Å². The van der Waals surface area contributed by atoms with Crippen molar-refractivity contribution < 1.29 is 4.79 Å². The molecule has 2 heterocycles. The van der Waals surface area contributed by atoms with Crippen LogP contribution in [-0.4, -0.2) is 25.5 Å². The number of carbonyl (C=O) groups is 1. The molecule has 3 rings (SSSR count). The normalized spacial score (nSPS) is 10.4. The van der Waals surface area contributed by atoms with Crippen LogP contribution in [0.15, 0.2) is 65.7 Å². The second-order valence-corrected chi connectivity index (χ2v) is 4.90. The first kappa shape index (κ1) is 14.7. The van der Waals surface area contributed by atoms with Crippen molar-refractivity contribution in [1.82, 2.24) is 24.9 Å². The number of hydrogen-bond acceptors (Lipinski definition) is 4. The molecule has 0 aliphatic rings. The number of aromatic nitrogens is 4. The molecule has 0 radical (unpaired) electrons. The Morgan fingerprint density at radius 2 is 1.91 bits per heavy atom. The van der Waals surface area contributed by atoms with E-state index in [1.165, 1.54) is 10.7 Å². The second-order valence-electron chi connectivity index (χ2n) is 4.90. The van der Waals surface area contributed by atoms with Crippen LogP contribution in [0.25, 0.3) is 5.82 Å². The van der Waals surface area contributed by atoms with Gasteiger partial charge < -0.3 is 5.32 Å². The molecule has 1 N–H and O–H groups in total. The van der Waals surface area contributed by atoms with Gasteiger partial charge in [0.1, 0.15) is 6.54 Å². The molecule has 0 spiro atoms. The summed E-state index contributed by atoms with van der Waals surface area (Å²) in [6.07, 6.45) is 3.33. The van der Waals surface area contributed by atoms with Gasteiger partial charge in [-0.05, 0) is 17.7 Å². The molecule has 0 unspecified atom stereocenters. The fraction of sp³-hybridized carbons (Fsp3) is 0.125. The molecule has 0 bridgehead atoms. The van der Waals surface area contributed by atoms with Gasteiger partial charge in [-0.1, -0.05) is 30.3 Å². The van der Waals surface area contributed by atoms with Crippen LogP contribution in [0.2, 0.25) is 0 Å². The van der Waals surface area contributed by atoms with Crippen LogP contribution in [0.1, 0.15) is 5.56 Å². The minimum atomic E-state index is -0.337. The maximum atomic E-state index is 12.0. The maximum Gasteiger partial charge on any atom is 0.267 e. The average molecular weight is 309 g/mol. The van der Waals surface area contributed by atoms with E-state index in [4.69, 9.17) is 0 Å². The fourth-order valence-electron chi connectivity index (χ4n) is 2.07. The fourth-order valence-corrected chi connectivity index (χ4v) is 2.07. The SMILES string of the molecule is O=C(Cn1nc(-n2cccn2)ccc1=O)NCc1ccccc1. The Kier molecular flexibility index (Phi) is 4.28. The van der Waals surface area contributed by atoms with E-state index in [-0.39, 0.29) is 18.0 Å². The lowest BCUT2D eigenvalue weighted by Gasteiger charge is -2.08. The Morgan fingerprint density at radius 3 is 2.65 bits per heavy atom. The second kappa shape index (κ2) is 6.69. The topological polar surface area (TPSA) is 81.8 Å². The number of nitrogens with one attached hydrogen (secondary N) is 1. The molecular weight excluding hydrogens is 294 g/mol. The average Bonchev–Trinajstić information content (AvgIpc) is 3.10. The molecule has 0 saturated carbocycles. The lowest BCUT2D eigenvalue weighted by Crippen LogP contribution is -2.33. The first-order valence-electron chi connectivity index (χ1n) is 7.11. The monoisotopic (exact) mass is 309 g/mol. The van der Waals surface area contributed by atoms with Gasteiger partial charge in [0.25, 0.3) is 5.56 Å². The summed E-state index contributed by atoms with van der Waals surface area (Å²) in [5, 5.41) is 11.0. The van der Waals surface area contributed by atoms with Crippen molar-refractivity contribution in [2.45, 2.75) is 13.1 Å². The van der Waals surface area contributed by atoms with Gasteiger partial charge in [-0.2, -0.15) is 5.10 Å². The molecule has 7 nitrogen and oxygen atoms in total. The third-order valence-electron chi connectivity index (χ3n) is 3.22. The van der Waals surface area contributed by atoms with E-state index in [0.717, 1.165) is 10.2 Å². The third-order valence-corrected chi connectivity index (χ3v) is 3.22. The van der Waals surface area contributed by atoms with E-state index in [1.54, 1.807) is 24.5 Å². The summed E-state index contributed by atoms with van der Waals surface area (Å²) < 4.78 is 2.65. The molecule has 7 heteroatoms. The van der Waals surface area contributed by atoms with Gasteiger partial charge in [-0.25, -0.2) is 9.36 Å². The standard InChI is InChI=1S/C16H15N5O2/c22-15(17-11-13-5-2-1-3-6-13)12-21-16(23)8-7-14(19-21)20-10-4-9-18-20/h1-10H,11-12H2,(H,17,22). The molecule has 0 atom stereocenters. The Balaban J connectivity index is 1.68. The van der Waals surface area contributed by atoms with E-state index in [1.807, 2.05) is 30.3 Å². The largest absolute Gasteiger partial charge is 0.350 e. The summed E-state index contributed by atoms with van der Waals surface area (Å²) in [7, 11) is 0. The number of rotatable bonds is 5. The van der Waals surface area contributed by atoms with E-state index >= 15 is 0 Å². The lowest BCUT2D eigenvalue weighted by molar-refractivity contribution is -0.122. The van der Waals surface area contributed by atoms with Crippen LogP contribution < -0.4 is 10.9 Å². The maximum absolute atomic E-state index is 12.0. The lowest BCUT2D eigenvalue weighted by atomic mass is 10.2. The van der Waals surface area contributed by atoms with E-state index in [0.29, 0.717) is 12.4 Å². The minimum absolute atomic E-state index is 0.138. The first-order valence-corrected chi connectivity index (χ1v) is 7.11. The zero-order valence-electron chi connectivity index (χ0n) is 12.3. The number of benzene rings is 1. The number of carbonyl (C=O) groups excluding carboxylic acids is 1. The van der Waals surface area contributed by atoms with Gasteiger partial charge in [0.15, 0.2) is 5.82 Å². The van der Waals surface area contributed by atoms with Gasteiger partial charge >= 0.3 is 0 Å². The van der Waals surface area contributed by atoms with Crippen molar-refractivity contribution in [3.63, 3.8) is 0 Å². The van der Waals surface area contributed by atoms with Gasteiger partial charge in [0.2, 0.25) is 5.91 Å². The quantitative estimate of drug-likeness (QED) is 0.754. The molecule has 23 heavy (non-hydrogen) atoms. The molecule has 0 aliphatic heterocycles. The summed E-state index contributed by atoms with van der Waals surface area (Å²) in [5.74, 6) is 0.200. The summed E-state index contributed by atoms with van der Waals surface area (Å²) in [5.41, 5.74) is 0.655. The summed E-state index contributed by atoms with van der Waals surface area (Å²) >= 11 is 0. The Labute approximate surface area is 132 Å². The molecule has 3 aromatic rings. The van der Waals surface area contributed by atoms with Gasteiger partial charge in [0, 0.05) is 25.0 Å². The molecule has 1 amide bonds. The van der Waals surface area contributed by atoms with Crippen molar-refractivity contribution in [2.75, 3.05) is 0 Å². The highest BCUT2D eigenvalue weighted by Crippen LogP contribution is 1.99. The van der Waals surface area contributed by atoms with Crippen molar-refractivity contribution in [3.05, 3.63) is 76.8 Å². The molecule has 0 fully saturated rings. The van der Waals surface area contributed by atoms with Crippen LogP contribution in [0.5, 0.6) is 0 Å². The molecule has 0 aliphatic carbocycles. The van der Waals surface area contributed by atoms with Crippen LogP contribution >= 0.6 is 0 Å². The Bertz CT molecular complexity index is 840. The highest BCUT2D eigenvalue weighted by Gasteiger charge is 2.07. The van der Waals surface area contributed by atoms with E-state index in [2.05, 4.69) is 15.5 Å². The smallest absolute Gasteiger partial charge is 0.267 e. The molecule has 2 aromatic heterocycles. The zero-order chi connectivity index (χ0) is 16.1. The summed E-state index contributed by atoms with van der Waals surface area (Å²) in [6, 6.07) is 14.2.